The summed E-state index contributed by atoms with van der Waals surface area (Å²) < 4.78 is 4.98. The summed E-state index contributed by atoms with van der Waals surface area (Å²) in [5, 5.41) is 3.07. The lowest BCUT2D eigenvalue weighted by molar-refractivity contribution is -0.144. The largest absolute Gasteiger partial charge is 0.399 e. The Morgan fingerprint density at radius 2 is 2.05 bits per heavy atom. The molecular weight excluding hydrogens is 305 g/mol. The first-order chi connectivity index (χ1) is 9.47. The molecule has 8 heteroatoms. The summed E-state index contributed by atoms with van der Waals surface area (Å²) in [6.07, 6.45) is 0. The summed E-state index contributed by atoms with van der Waals surface area (Å²) in [5.74, 6) is -0.602. The van der Waals surface area contributed by atoms with Crippen molar-refractivity contribution in [3.05, 3.63) is 22.2 Å². The maximum Gasteiger partial charge on any atom is 0.249 e. The zero-order valence-corrected chi connectivity index (χ0v) is 12.0. The third-order valence-electron chi connectivity index (χ3n) is 2.75. The number of rotatable bonds is 3. The van der Waals surface area contributed by atoms with E-state index in [2.05, 4.69) is 5.32 Å². The van der Waals surface area contributed by atoms with Crippen LogP contribution < -0.4 is 11.1 Å². The van der Waals surface area contributed by atoms with E-state index in [-0.39, 0.29) is 40.7 Å². The van der Waals surface area contributed by atoms with Gasteiger partial charge < -0.3 is 20.7 Å². The van der Waals surface area contributed by atoms with Crippen LogP contribution in [0.5, 0.6) is 0 Å². The van der Waals surface area contributed by atoms with Crippen LogP contribution in [0.1, 0.15) is 0 Å². The number of anilines is 2. The van der Waals surface area contributed by atoms with Crippen molar-refractivity contribution < 1.29 is 14.3 Å². The Morgan fingerprint density at radius 3 is 2.65 bits per heavy atom. The normalized spacial score (nSPS) is 15.3. The SMILES string of the molecule is Nc1cc(Cl)c(NC(=O)CN2CCOCC2=O)c(Cl)c1. The van der Waals surface area contributed by atoms with Gasteiger partial charge in [0.1, 0.15) is 13.2 Å². The molecule has 0 aliphatic carbocycles. The number of ether oxygens (including phenoxy) is 1. The van der Waals surface area contributed by atoms with E-state index in [1.54, 1.807) is 0 Å². The minimum atomic E-state index is -0.381. The molecule has 0 atom stereocenters. The van der Waals surface area contributed by atoms with Gasteiger partial charge in [0.05, 0.1) is 22.3 Å². The van der Waals surface area contributed by atoms with E-state index < -0.39 is 0 Å². The van der Waals surface area contributed by atoms with Gasteiger partial charge >= 0.3 is 0 Å². The van der Waals surface area contributed by atoms with Crippen LogP contribution in [0, 0.1) is 0 Å². The fourth-order valence-corrected chi connectivity index (χ4v) is 2.38. The third-order valence-corrected chi connectivity index (χ3v) is 3.34. The Bertz CT molecular complexity index is 528. The molecule has 6 nitrogen and oxygen atoms in total. The molecule has 1 aliphatic heterocycles. The summed E-state index contributed by atoms with van der Waals surface area (Å²) in [6.45, 7) is 0.730. The van der Waals surface area contributed by atoms with Gasteiger partial charge in [-0.05, 0) is 12.1 Å². The molecule has 108 valence electrons. The standard InChI is InChI=1S/C12H13Cl2N3O3/c13-8-3-7(15)4-9(14)12(8)16-10(18)5-17-1-2-20-6-11(17)19/h3-4H,1-2,5-6,15H2,(H,16,18). The molecule has 1 aromatic carbocycles. The van der Waals surface area contributed by atoms with E-state index in [1.807, 2.05) is 0 Å². The van der Waals surface area contributed by atoms with Crippen molar-refractivity contribution in [3.8, 4) is 0 Å². The molecule has 0 unspecified atom stereocenters. The van der Waals surface area contributed by atoms with Crippen LogP contribution in [0.15, 0.2) is 12.1 Å². The van der Waals surface area contributed by atoms with Gasteiger partial charge in [-0.3, -0.25) is 9.59 Å². The van der Waals surface area contributed by atoms with Gasteiger partial charge in [0, 0.05) is 12.2 Å². The van der Waals surface area contributed by atoms with Gasteiger partial charge in [0.25, 0.3) is 0 Å². The Kier molecular flexibility index (Phi) is 4.69. The van der Waals surface area contributed by atoms with Crippen LogP contribution >= 0.6 is 23.2 Å². The monoisotopic (exact) mass is 317 g/mol. The molecule has 1 fully saturated rings. The van der Waals surface area contributed by atoms with Gasteiger partial charge in [-0.1, -0.05) is 23.2 Å². The second-order valence-electron chi connectivity index (χ2n) is 4.28. The Labute approximate surface area is 125 Å². The van der Waals surface area contributed by atoms with E-state index in [0.717, 1.165) is 0 Å². The summed E-state index contributed by atoms with van der Waals surface area (Å²) in [5.41, 5.74) is 6.27. The number of amides is 2. The number of nitrogens with zero attached hydrogens (tertiary/aromatic N) is 1. The second-order valence-corrected chi connectivity index (χ2v) is 5.09. The van der Waals surface area contributed by atoms with Crippen molar-refractivity contribution >= 4 is 46.4 Å². The summed E-state index contributed by atoms with van der Waals surface area (Å²) in [6, 6.07) is 2.98. The Balaban J connectivity index is 2.03. The number of carbonyl (C=O) groups excluding carboxylic acids is 2. The predicted molar refractivity (Wildman–Crippen MR) is 76.9 cm³/mol. The molecule has 0 radical (unpaired) electrons. The lowest BCUT2D eigenvalue weighted by Gasteiger charge is -2.26. The van der Waals surface area contributed by atoms with E-state index in [1.165, 1.54) is 17.0 Å². The molecule has 3 N–H and O–H groups in total. The van der Waals surface area contributed by atoms with Crippen molar-refractivity contribution in [2.24, 2.45) is 0 Å². The van der Waals surface area contributed by atoms with E-state index in [4.69, 9.17) is 33.7 Å². The van der Waals surface area contributed by atoms with Crippen LogP contribution in [0.4, 0.5) is 11.4 Å². The highest BCUT2D eigenvalue weighted by atomic mass is 35.5. The van der Waals surface area contributed by atoms with Crippen molar-refractivity contribution in [3.63, 3.8) is 0 Å². The highest BCUT2D eigenvalue weighted by Crippen LogP contribution is 2.32. The van der Waals surface area contributed by atoms with E-state index in [0.29, 0.717) is 18.8 Å². The molecule has 1 aliphatic rings. The predicted octanol–water partition coefficient (Wildman–Crippen LogP) is 1.37. The van der Waals surface area contributed by atoms with Crippen molar-refractivity contribution in [1.82, 2.24) is 4.90 Å². The maximum absolute atomic E-state index is 11.9. The topological polar surface area (TPSA) is 84.7 Å². The minimum absolute atomic E-state index is 0.00331. The van der Waals surface area contributed by atoms with Gasteiger partial charge in [-0.15, -0.1) is 0 Å². The fourth-order valence-electron chi connectivity index (χ4n) is 1.78. The van der Waals surface area contributed by atoms with Crippen LogP contribution in [0.2, 0.25) is 10.0 Å². The second kappa shape index (κ2) is 6.30. The molecule has 0 bridgehead atoms. The number of morpholine rings is 1. The third kappa shape index (κ3) is 3.53. The van der Waals surface area contributed by atoms with Crippen LogP contribution in [-0.2, 0) is 14.3 Å². The maximum atomic E-state index is 11.9. The molecule has 2 amide bonds. The van der Waals surface area contributed by atoms with Gasteiger partial charge in [-0.2, -0.15) is 0 Å². The average molecular weight is 318 g/mol. The number of benzene rings is 1. The molecule has 0 spiro atoms. The first-order valence-corrected chi connectivity index (χ1v) is 6.63. The van der Waals surface area contributed by atoms with Gasteiger partial charge in [0.15, 0.2) is 0 Å². The van der Waals surface area contributed by atoms with Crippen LogP contribution in [0.3, 0.4) is 0 Å². The quantitative estimate of drug-likeness (QED) is 0.825. The Hall–Kier alpha value is -1.50. The summed E-state index contributed by atoms with van der Waals surface area (Å²) in [7, 11) is 0. The molecule has 1 aromatic rings. The molecule has 2 rings (SSSR count). The zero-order chi connectivity index (χ0) is 14.7. The molecule has 0 aromatic heterocycles. The summed E-state index contributed by atoms with van der Waals surface area (Å²) >= 11 is 11.9. The first-order valence-electron chi connectivity index (χ1n) is 5.87. The number of hydrogen-bond acceptors (Lipinski definition) is 4. The van der Waals surface area contributed by atoms with Crippen molar-refractivity contribution in [2.75, 3.05) is 37.4 Å². The lowest BCUT2D eigenvalue weighted by atomic mass is 10.2. The minimum Gasteiger partial charge on any atom is -0.399 e. The fraction of sp³-hybridized carbons (Fsp3) is 0.333. The molecule has 1 heterocycles. The molecular formula is C12H13Cl2N3O3. The van der Waals surface area contributed by atoms with Crippen molar-refractivity contribution in [1.29, 1.82) is 0 Å². The smallest absolute Gasteiger partial charge is 0.249 e. The number of nitrogens with one attached hydrogen (secondary N) is 1. The lowest BCUT2D eigenvalue weighted by Crippen LogP contribution is -2.45. The van der Waals surface area contributed by atoms with Crippen LogP contribution in [0.25, 0.3) is 0 Å². The van der Waals surface area contributed by atoms with E-state index in [9.17, 15) is 9.59 Å². The number of nitrogen functional groups attached to an aromatic ring is 1. The van der Waals surface area contributed by atoms with Gasteiger partial charge in [-0.25, -0.2) is 0 Å². The number of halogens is 2. The molecule has 0 saturated carbocycles. The highest BCUT2D eigenvalue weighted by molar-refractivity contribution is 6.40. The highest BCUT2D eigenvalue weighted by Gasteiger charge is 2.21. The summed E-state index contributed by atoms with van der Waals surface area (Å²) in [4.78, 5) is 24.8. The van der Waals surface area contributed by atoms with Gasteiger partial charge in [0.2, 0.25) is 11.8 Å². The average Bonchev–Trinajstić information content (AvgIpc) is 2.36. The molecule has 1 saturated heterocycles. The van der Waals surface area contributed by atoms with Crippen molar-refractivity contribution in [2.45, 2.75) is 0 Å². The number of nitrogens with two attached hydrogens (primary N) is 1. The number of carbonyl (C=O) groups is 2. The first kappa shape index (κ1) is 14.9. The zero-order valence-electron chi connectivity index (χ0n) is 10.5. The van der Waals surface area contributed by atoms with Crippen LogP contribution in [-0.4, -0.2) is 43.0 Å². The van der Waals surface area contributed by atoms with E-state index >= 15 is 0 Å². The Morgan fingerprint density at radius 1 is 1.40 bits per heavy atom. The number of hydrogen-bond donors (Lipinski definition) is 2. The molecule has 20 heavy (non-hydrogen) atoms.